The molecular formula is C34H36OSi. The van der Waals surface area contributed by atoms with Crippen LogP contribution in [0.5, 0.6) is 0 Å². The number of benzene rings is 3. The van der Waals surface area contributed by atoms with Crippen LogP contribution in [0.2, 0.25) is 19.6 Å². The van der Waals surface area contributed by atoms with Gasteiger partial charge in [-0.3, -0.25) is 0 Å². The topological polar surface area (TPSA) is 9.23 Å². The molecule has 6 rings (SSSR count). The van der Waals surface area contributed by atoms with Gasteiger partial charge in [0.15, 0.2) is 8.32 Å². The minimum Gasteiger partial charge on any atom is -0.418 e. The summed E-state index contributed by atoms with van der Waals surface area (Å²) >= 11 is 0. The third kappa shape index (κ3) is 3.62. The quantitative estimate of drug-likeness (QED) is 0.320. The van der Waals surface area contributed by atoms with Gasteiger partial charge in [0.2, 0.25) is 0 Å². The molecule has 2 heteroatoms. The third-order valence-corrected chi connectivity index (χ3v) is 9.57. The summed E-state index contributed by atoms with van der Waals surface area (Å²) in [6.45, 7) is 10.1. The Morgan fingerprint density at radius 2 is 1.39 bits per heavy atom. The van der Waals surface area contributed by atoms with Crippen molar-refractivity contribution < 1.29 is 4.43 Å². The molecule has 3 aliphatic rings. The second-order valence-electron chi connectivity index (χ2n) is 11.5. The Balaban J connectivity index is 1.64. The Bertz CT molecular complexity index is 1460. The molecule has 0 saturated heterocycles. The highest BCUT2D eigenvalue weighted by Crippen LogP contribution is 2.61. The molecule has 0 N–H and O–H groups in total. The van der Waals surface area contributed by atoms with Crippen molar-refractivity contribution in [2.24, 2.45) is 11.3 Å². The van der Waals surface area contributed by atoms with Gasteiger partial charge in [-0.2, -0.15) is 0 Å². The number of fused-ring (bicyclic) bond motifs is 5. The van der Waals surface area contributed by atoms with Gasteiger partial charge in [-0.25, -0.2) is 0 Å². The van der Waals surface area contributed by atoms with Crippen LogP contribution in [0, 0.1) is 11.3 Å². The fraction of sp³-hybridized carbons (Fsp3) is 0.294. The van der Waals surface area contributed by atoms with Crippen molar-refractivity contribution in [3.63, 3.8) is 0 Å². The normalized spacial score (nSPS) is 19.6. The van der Waals surface area contributed by atoms with E-state index in [-0.39, 0.29) is 5.41 Å². The SMILES string of the molecule is CCC(CCO[Si](C)(C)C)(C1=c2ccccc2=C2C=CC=CC21)C1c2ccccc2-c2ccccc21. The number of hydrogen-bond donors (Lipinski definition) is 0. The zero-order valence-corrected chi connectivity index (χ0v) is 22.9. The first kappa shape index (κ1) is 23.5. The Morgan fingerprint density at radius 3 is 2.03 bits per heavy atom. The number of rotatable bonds is 7. The summed E-state index contributed by atoms with van der Waals surface area (Å²) < 4.78 is 6.59. The van der Waals surface area contributed by atoms with Gasteiger partial charge >= 0.3 is 0 Å². The van der Waals surface area contributed by atoms with Crippen molar-refractivity contribution in [1.29, 1.82) is 0 Å². The lowest BCUT2D eigenvalue weighted by Crippen LogP contribution is -2.38. The van der Waals surface area contributed by atoms with Gasteiger partial charge in [0.1, 0.15) is 0 Å². The third-order valence-electron chi connectivity index (χ3n) is 8.50. The Hall–Kier alpha value is -2.94. The van der Waals surface area contributed by atoms with Crippen LogP contribution in [0.15, 0.2) is 97.1 Å². The van der Waals surface area contributed by atoms with Gasteiger partial charge in [0.05, 0.1) is 0 Å². The monoisotopic (exact) mass is 488 g/mol. The van der Waals surface area contributed by atoms with E-state index >= 15 is 0 Å². The molecule has 3 aliphatic carbocycles. The lowest BCUT2D eigenvalue weighted by Gasteiger charge is -2.44. The van der Waals surface area contributed by atoms with E-state index in [1.807, 2.05) is 0 Å². The fourth-order valence-corrected chi connectivity index (χ4v) is 7.78. The Morgan fingerprint density at radius 1 is 0.778 bits per heavy atom. The summed E-state index contributed by atoms with van der Waals surface area (Å²) in [6, 6.07) is 27.4. The van der Waals surface area contributed by atoms with Crippen LogP contribution in [-0.4, -0.2) is 14.9 Å². The molecule has 3 aromatic carbocycles. The average molecular weight is 489 g/mol. The molecule has 0 saturated carbocycles. The van der Waals surface area contributed by atoms with Crippen LogP contribution in [0.3, 0.4) is 0 Å². The second kappa shape index (κ2) is 8.87. The van der Waals surface area contributed by atoms with Gasteiger partial charge in [-0.1, -0.05) is 104 Å². The van der Waals surface area contributed by atoms with Gasteiger partial charge in [0, 0.05) is 23.9 Å². The summed E-state index contributed by atoms with van der Waals surface area (Å²) in [6.07, 6.45) is 11.3. The van der Waals surface area contributed by atoms with Gasteiger partial charge in [-0.05, 0) is 76.3 Å². The van der Waals surface area contributed by atoms with Crippen LogP contribution in [0.25, 0.3) is 22.3 Å². The molecule has 0 amide bonds. The van der Waals surface area contributed by atoms with Gasteiger partial charge in [-0.15, -0.1) is 0 Å². The summed E-state index contributed by atoms with van der Waals surface area (Å²) in [5, 5.41) is 2.84. The summed E-state index contributed by atoms with van der Waals surface area (Å²) in [4.78, 5) is 0. The predicted octanol–water partition coefficient (Wildman–Crippen LogP) is 7.19. The predicted molar refractivity (Wildman–Crippen MR) is 155 cm³/mol. The molecule has 0 radical (unpaired) electrons. The lowest BCUT2D eigenvalue weighted by atomic mass is 9.59. The Kier molecular flexibility index (Phi) is 5.78. The van der Waals surface area contributed by atoms with E-state index in [2.05, 4.69) is 124 Å². The van der Waals surface area contributed by atoms with Gasteiger partial charge in [0.25, 0.3) is 0 Å². The molecule has 3 aromatic rings. The zero-order valence-electron chi connectivity index (χ0n) is 21.9. The van der Waals surface area contributed by atoms with Crippen molar-refractivity contribution in [1.82, 2.24) is 0 Å². The fourth-order valence-electron chi connectivity index (χ4n) is 7.06. The van der Waals surface area contributed by atoms with E-state index in [9.17, 15) is 0 Å². The molecule has 0 heterocycles. The minimum atomic E-state index is -1.64. The molecule has 36 heavy (non-hydrogen) atoms. The van der Waals surface area contributed by atoms with Crippen LogP contribution >= 0.6 is 0 Å². The first-order valence-corrected chi connectivity index (χ1v) is 16.9. The van der Waals surface area contributed by atoms with Crippen molar-refractivity contribution >= 4 is 19.5 Å². The van der Waals surface area contributed by atoms with Crippen molar-refractivity contribution in [3.05, 3.63) is 119 Å². The smallest absolute Gasteiger partial charge is 0.183 e. The van der Waals surface area contributed by atoms with Crippen LogP contribution < -0.4 is 10.4 Å². The first-order valence-electron chi connectivity index (χ1n) is 13.5. The molecule has 182 valence electrons. The maximum Gasteiger partial charge on any atom is 0.183 e. The summed E-state index contributed by atoms with van der Waals surface area (Å²) in [5.74, 6) is 0.626. The average Bonchev–Trinajstić information content (AvgIpc) is 3.41. The molecule has 2 atom stereocenters. The first-order chi connectivity index (χ1) is 17.4. The van der Waals surface area contributed by atoms with Crippen LogP contribution in [0.1, 0.15) is 36.8 Å². The maximum atomic E-state index is 6.59. The lowest BCUT2D eigenvalue weighted by molar-refractivity contribution is 0.213. The van der Waals surface area contributed by atoms with E-state index in [1.54, 1.807) is 5.57 Å². The van der Waals surface area contributed by atoms with E-state index in [0.717, 1.165) is 19.4 Å². The highest BCUT2D eigenvalue weighted by Gasteiger charge is 2.49. The molecule has 2 unspecified atom stereocenters. The zero-order chi connectivity index (χ0) is 24.9. The van der Waals surface area contributed by atoms with Crippen LogP contribution in [-0.2, 0) is 4.43 Å². The van der Waals surface area contributed by atoms with E-state index < -0.39 is 8.32 Å². The van der Waals surface area contributed by atoms with Crippen molar-refractivity contribution in [3.8, 4) is 11.1 Å². The maximum absolute atomic E-state index is 6.59. The summed E-state index contributed by atoms with van der Waals surface area (Å²) in [7, 11) is -1.64. The highest BCUT2D eigenvalue weighted by atomic mass is 28.4. The molecular weight excluding hydrogens is 452 g/mol. The molecule has 0 aromatic heterocycles. The molecule has 1 nitrogen and oxygen atoms in total. The van der Waals surface area contributed by atoms with Gasteiger partial charge < -0.3 is 4.43 Å². The second-order valence-corrected chi connectivity index (χ2v) is 16.0. The molecule has 0 aliphatic heterocycles. The van der Waals surface area contributed by atoms with Crippen molar-refractivity contribution in [2.75, 3.05) is 6.61 Å². The van der Waals surface area contributed by atoms with Crippen LogP contribution in [0.4, 0.5) is 0 Å². The molecule has 0 spiro atoms. The van der Waals surface area contributed by atoms with E-state index in [1.165, 1.54) is 38.3 Å². The van der Waals surface area contributed by atoms with E-state index in [4.69, 9.17) is 4.43 Å². The number of allylic oxidation sites excluding steroid dienone is 4. The molecule has 0 bridgehead atoms. The minimum absolute atomic E-state index is 0.0552. The standard InChI is InChI=1S/C34H36OSi/c1-5-34(22-23-35-36(2,3)4,32-28-18-10-6-14-24(28)25-15-7-11-19-29(25)32)33-30-20-12-8-16-26(30)27-17-9-13-21-31(27)33/h6-21,28,33H,5,22-23H2,1-4H3. The van der Waals surface area contributed by atoms with Crippen molar-refractivity contribution in [2.45, 2.75) is 45.3 Å². The molecule has 0 fully saturated rings. The highest BCUT2D eigenvalue weighted by molar-refractivity contribution is 6.69. The Labute approximate surface area is 216 Å². The summed E-state index contributed by atoms with van der Waals surface area (Å²) in [5.41, 5.74) is 8.73. The number of hydrogen-bond acceptors (Lipinski definition) is 1. The largest absolute Gasteiger partial charge is 0.418 e. The van der Waals surface area contributed by atoms with E-state index in [0.29, 0.717) is 11.8 Å².